The Morgan fingerprint density at radius 3 is 2.45 bits per heavy atom. The number of fused-ring (bicyclic) bond motifs is 1. The molecule has 0 spiro atoms. The quantitative estimate of drug-likeness (QED) is 0.628. The zero-order chi connectivity index (χ0) is 22.9. The lowest BCUT2D eigenvalue weighted by Gasteiger charge is -2.26. The summed E-state index contributed by atoms with van der Waals surface area (Å²) in [7, 11) is 0. The molecule has 1 saturated heterocycles. The molecule has 0 radical (unpaired) electrons. The van der Waals surface area contributed by atoms with E-state index in [-0.39, 0.29) is 18.4 Å². The lowest BCUT2D eigenvalue weighted by molar-refractivity contribution is -0.0234. The molecule has 2 aromatic carbocycles. The summed E-state index contributed by atoms with van der Waals surface area (Å²) in [4.78, 5) is 16.2. The molecule has 0 aromatic heterocycles. The molecule has 6 nitrogen and oxygen atoms in total. The minimum Gasteiger partial charge on any atom is -0.491 e. The van der Waals surface area contributed by atoms with Gasteiger partial charge in [0.15, 0.2) is 0 Å². The number of primary amides is 1. The fraction of sp³-hybridized carbons (Fsp3) is 0.519. The van der Waals surface area contributed by atoms with Crippen molar-refractivity contribution in [3.63, 3.8) is 0 Å². The molecule has 6 heteroatoms. The van der Waals surface area contributed by atoms with Gasteiger partial charge in [-0.3, -0.25) is 9.80 Å². The Morgan fingerprint density at radius 1 is 1.12 bits per heavy atom. The molecule has 2 N–H and O–H groups in total. The van der Waals surface area contributed by atoms with Crippen molar-refractivity contribution < 1.29 is 14.3 Å². The number of nitrogens with zero attached hydrogens (tertiary/aromatic N) is 2. The van der Waals surface area contributed by atoms with Gasteiger partial charge in [-0.25, -0.2) is 4.79 Å². The predicted molar refractivity (Wildman–Crippen MR) is 129 cm³/mol. The van der Waals surface area contributed by atoms with E-state index in [1.165, 1.54) is 24.8 Å². The van der Waals surface area contributed by atoms with Crippen LogP contribution in [0.15, 0.2) is 54.6 Å². The first-order valence-corrected chi connectivity index (χ1v) is 12.3. The van der Waals surface area contributed by atoms with E-state index in [1.807, 2.05) is 42.5 Å². The van der Waals surface area contributed by atoms with Crippen molar-refractivity contribution in [2.24, 2.45) is 23.5 Å². The molecule has 176 valence electrons. The minimum atomic E-state index is -0.381. The maximum atomic E-state index is 12.1. The summed E-state index contributed by atoms with van der Waals surface area (Å²) in [5.41, 5.74) is 7.72. The lowest BCUT2D eigenvalue weighted by atomic mass is 10.1. The maximum absolute atomic E-state index is 12.1. The summed E-state index contributed by atoms with van der Waals surface area (Å²) in [6.45, 7) is 6.43. The first-order chi connectivity index (χ1) is 16.0. The van der Waals surface area contributed by atoms with Crippen LogP contribution in [-0.2, 0) is 4.74 Å². The van der Waals surface area contributed by atoms with E-state index >= 15 is 0 Å². The van der Waals surface area contributed by atoms with Crippen molar-refractivity contribution >= 4 is 11.7 Å². The third-order valence-corrected chi connectivity index (χ3v) is 7.61. The van der Waals surface area contributed by atoms with Crippen LogP contribution in [0, 0.1) is 17.8 Å². The second-order valence-corrected chi connectivity index (χ2v) is 9.99. The highest BCUT2D eigenvalue weighted by Crippen LogP contribution is 2.57. The highest BCUT2D eigenvalue weighted by molar-refractivity contribution is 5.90. The summed E-state index contributed by atoms with van der Waals surface area (Å²) >= 11 is 0. The Morgan fingerprint density at radius 2 is 1.82 bits per heavy atom. The Labute approximate surface area is 196 Å². The molecule has 33 heavy (non-hydrogen) atoms. The van der Waals surface area contributed by atoms with Gasteiger partial charge >= 0.3 is 6.03 Å². The molecule has 3 fully saturated rings. The molecule has 1 aliphatic heterocycles. The fourth-order valence-electron chi connectivity index (χ4n) is 5.78. The molecule has 1 heterocycles. The van der Waals surface area contributed by atoms with Gasteiger partial charge in [0.2, 0.25) is 0 Å². The highest BCUT2D eigenvalue weighted by Gasteiger charge is 2.53. The molecule has 0 bridgehead atoms. The Hall–Kier alpha value is -2.57. The number of anilines is 1. The first-order valence-electron chi connectivity index (χ1n) is 12.3. The van der Waals surface area contributed by atoms with Gasteiger partial charge < -0.3 is 15.2 Å². The molecule has 3 aliphatic rings. The van der Waals surface area contributed by atoms with Crippen molar-refractivity contribution in [2.75, 3.05) is 24.6 Å². The predicted octanol–water partition coefficient (Wildman–Crippen LogP) is 4.80. The number of amides is 2. The van der Waals surface area contributed by atoms with Crippen molar-refractivity contribution in [1.82, 2.24) is 4.90 Å². The van der Waals surface area contributed by atoms with Crippen LogP contribution in [0.2, 0.25) is 0 Å². The van der Waals surface area contributed by atoms with E-state index in [1.54, 1.807) is 4.90 Å². The highest BCUT2D eigenvalue weighted by atomic mass is 16.6. The number of urea groups is 1. The van der Waals surface area contributed by atoms with Crippen LogP contribution in [0.5, 0.6) is 5.75 Å². The summed E-state index contributed by atoms with van der Waals surface area (Å²) in [5, 5.41) is 0. The Kier molecular flexibility index (Phi) is 6.30. The number of carbonyl (C=O) groups excluding carboxylic acids is 1. The molecule has 2 saturated carbocycles. The van der Waals surface area contributed by atoms with Crippen LogP contribution in [0.4, 0.5) is 10.5 Å². The third-order valence-electron chi connectivity index (χ3n) is 7.61. The van der Waals surface area contributed by atoms with Crippen LogP contribution >= 0.6 is 0 Å². The smallest absolute Gasteiger partial charge is 0.319 e. The SMILES string of the molecule is CC(C)N1CC(COc2ccc(N(CC3C4CCCC43)C(N)=O)cc2)OC1c1ccccc1. The van der Waals surface area contributed by atoms with Gasteiger partial charge in [-0.2, -0.15) is 0 Å². The zero-order valence-electron chi connectivity index (χ0n) is 19.6. The van der Waals surface area contributed by atoms with Gasteiger partial charge in [0.25, 0.3) is 0 Å². The standard InChI is InChI=1S/C27H35N3O3/c1-18(2)29-15-22(33-26(29)19-7-4-3-5-8-19)17-32-21-13-11-20(12-14-21)30(27(28)31)16-25-23-9-6-10-24(23)25/h3-5,7-8,11-14,18,22-26H,6,9-10,15-17H2,1-2H3,(H2,28,31). The molecular formula is C27H35N3O3. The van der Waals surface area contributed by atoms with Crippen LogP contribution in [0.25, 0.3) is 0 Å². The number of rotatable bonds is 8. The molecule has 2 aliphatic carbocycles. The number of hydrogen-bond acceptors (Lipinski definition) is 4. The minimum absolute atomic E-state index is 0.00585. The van der Waals surface area contributed by atoms with Crippen LogP contribution < -0.4 is 15.4 Å². The molecule has 4 unspecified atom stereocenters. The van der Waals surface area contributed by atoms with Gasteiger partial charge in [-0.1, -0.05) is 36.8 Å². The average Bonchev–Trinajstić information content (AvgIpc) is 3.17. The van der Waals surface area contributed by atoms with Crippen LogP contribution in [0.1, 0.15) is 44.9 Å². The Balaban J connectivity index is 1.18. The molecule has 5 rings (SSSR count). The number of nitrogens with two attached hydrogens (primary N) is 1. The summed E-state index contributed by atoms with van der Waals surface area (Å²) in [5.74, 6) is 2.98. The van der Waals surface area contributed by atoms with Crippen molar-refractivity contribution in [1.29, 1.82) is 0 Å². The van der Waals surface area contributed by atoms with Crippen molar-refractivity contribution in [3.05, 3.63) is 60.2 Å². The zero-order valence-corrected chi connectivity index (χ0v) is 19.6. The van der Waals surface area contributed by atoms with E-state index in [2.05, 4.69) is 30.9 Å². The fourth-order valence-corrected chi connectivity index (χ4v) is 5.78. The van der Waals surface area contributed by atoms with Gasteiger partial charge in [-0.05, 0) is 74.3 Å². The normalized spacial score (nSPS) is 28.6. The van der Waals surface area contributed by atoms with Gasteiger partial charge in [0.05, 0.1) is 0 Å². The lowest BCUT2D eigenvalue weighted by Crippen LogP contribution is -2.37. The van der Waals surface area contributed by atoms with E-state index in [0.717, 1.165) is 36.4 Å². The number of carbonyl (C=O) groups is 1. The maximum Gasteiger partial charge on any atom is 0.319 e. The van der Waals surface area contributed by atoms with E-state index in [4.69, 9.17) is 15.2 Å². The van der Waals surface area contributed by atoms with Gasteiger partial charge in [0.1, 0.15) is 24.7 Å². The third kappa shape index (κ3) is 4.73. The van der Waals surface area contributed by atoms with Crippen molar-refractivity contribution in [3.8, 4) is 5.75 Å². The number of hydrogen-bond donors (Lipinski definition) is 1. The second-order valence-electron chi connectivity index (χ2n) is 9.99. The Bertz CT molecular complexity index is 939. The summed E-state index contributed by atoms with van der Waals surface area (Å²) in [6.07, 6.45) is 3.89. The second kappa shape index (κ2) is 9.35. The topological polar surface area (TPSA) is 68.0 Å². The van der Waals surface area contributed by atoms with E-state index in [9.17, 15) is 4.79 Å². The van der Waals surface area contributed by atoms with Crippen molar-refractivity contribution in [2.45, 2.75) is 51.5 Å². The molecule has 2 aromatic rings. The first kappa shape index (κ1) is 22.2. The summed E-state index contributed by atoms with van der Waals surface area (Å²) < 4.78 is 12.4. The van der Waals surface area contributed by atoms with Gasteiger partial charge in [0, 0.05) is 24.8 Å². The molecule has 2 amide bonds. The van der Waals surface area contributed by atoms with Crippen LogP contribution in [0.3, 0.4) is 0 Å². The summed E-state index contributed by atoms with van der Waals surface area (Å²) in [6, 6.07) is 18.1. The largest absolute Gasteiger partial charge is 0.491 e. The average molecular weight is 450 g/mol. The number of benzene rings is 2. The molecular weight excluding hydrogens is 414 g/mol. The van der Waals surface area contributed by atoms with Gasteiger partial charge in [-0.15, -0.1) is 0 Å². The number of ether oxygens (including phenoxy) is 2. The monoisotopic (exact) mass is 449 g/mol. The van der Waals surface area contributed by atoms with E-state index < -0.39 is 0 Å². The van der Waals surface area contributed by atoms with E-state index in [0.29, 0.717) is 18.6 Å². The molecule has 4 atom stereocenters. The van der Waals surface area contributed by atoms with Crippen LogP contribution in [-0.4, -0.2) is 42.8 Å².